The number of hydrogen-bond donors (Lipinski definition) is 0. The summed E-state index contributed by atoms with van der Waals surface area (Å²) < 4.78 is 11.1. The molecule has 0 N–H and O–H groups in total. The number of benzene rings is 6. The van der Waals surface area contributed by atoms with E-state index in [-0.39, 0.29) is 0 Å². The molecule has 0 radical (unpaired) electrons. The van der Waals surface area contributed by atoms with Crippen molar-refractivity contribution in [2.75, 3.05) is 0 Å². The van der Waals surface area contributed by atoms with Gasteiger partial charge in [-0.05, 0) is 60.7 Å². The van der Waals surface area contributed by atoms with E-state index in [2.05, 4.69) is 94.1 Å². The van der Waals surface area contributed by atoms with Crippen LogP contribution < -0.4 is 0 Å². The standard InChI is InChI=1S/C38H20N4O/c39-21-23-15-18-35-32(19-23)28-11-2-3-13-33(28)41(35)25-8-6-9-26(20-25)42-34-14-4-1-10-27(34)29-16-17-31-30-12-5-7-24(22-40)37(30)43-38(31)36(29)42/h1-20H. The number of rotatable bonds is 2. The van der Waals surface area contributed by atoms with Gasteiger partial charge >= 0.3 is 0 Å². The third kappa shape index (κ3) is 3.14. The topological polar surface area (TPSA) is 70.6 Å². The van der Waals surface area contributed by atoms with Crippen LogP contribution in [0.1, 0.15) is 11.1 Å². The minimum absolute atomic E-state index is 0.525. The molecule has 0 aliphatic carbocycles. The molecule has 0 bridgehead atoms. The van der Waals surface area contributed by atoms with Crippen LogP contribution in [0, 0.1) is 22.7 Å². The first-order chi connectivity index (χ1) is 21.2. The summed E-state index contributed by atoms with van der Waals surface area (Å²) in [5.74, 6) is 0. The van der Waals surface area contributed by atoms with Gasteiger partial charge in [0.05, 0.1) is 39.3 Å². The van der Waals surface area contributed by atoms with E-state index in [9.17, 15) is 10.5 Å². The summed E-state index contributed by atoms with van der Waals surface area (Å²) in [5, 5.41) is 25.7. The highest BCUT2D eigenvalue weighted by molar-refractivity contribution is 6.22. The third-order valence-electron chi connectivity index (χ3n) is 8.57. The molecule has 0 atom stereocenters. The zero-order chi connectivity index (χ0) is 28.7. The highest BCUT2D eigenvalue weighted by atomic mass is 16.3. The van der Waals surface area contributed by atoms with Crippen molar-refractivity contribution in [3.05, 3.63) is 132 Å². The normalized spacial score (nSPS) is 11.7. The third-order valence-corrected chi connectivity index (χ3v) is 8.57. The Morgan fingerprint density at radius 3 is 1.88 bits per heavy atom. The van der Waals surface area contributed by atoms with E-state index in [0.29, 0.717) is 16.7 Å². The Morgan fingerprint density at radius 1 is 0.465 bits per heavy atom. The highest BCUT2D eigenvalue weighted by Crippen LogP contribution is 2.41. The van der Waals surface area contributed by atoms with E-state index >= 15 is 0 Å². The molecule has 5 heteroatoms. The zero-order valence-electron chi connectivity index (χ0n) is 22.7. The summed E-state index contributed by atoms with van der Waals surface area (Å²) in [4.78, 5) is 0. The Bertz CT molecular complexity index is 2710. The van der Waals surface area contributed by atoms with Gasteiger partial charge in [-0.3, -0.25) is 0 Å². The Kier molecular flexibility index (Phi) is 4.68. The van der Waals surface area contributed by atoms with E-state index in [4.69, 9.17) is 4.42 Å². The molecule has 0 aliphatic heterocycles. The Balaban J connectivity index is 1.39. The summed E-state index contributed by atoms with van der Waals surface area (Å²) in [6.45, 7) is 0. The second-order valence-electron chi connectivity index (χ2n) is 10.8. The molecule has 0 fully saturated rings. The molecule has 0 amide bonds. The van der Waals surface area contributed by atoms with E-state index in [1.807, 2.05) is 42.5 Å². The molecule has 3 aromatic heterocycles. The maximum atomic E-state index is 9.79. The largest absolute Gasteiger partial charge is 0.452 e. The van der Waals surface area contributed by atoms with Crippen molar-refractivity contribution in [2.45, 2.75) is 0 Å². The van der Waals surface area contributed by atoms with E-state index in [0.717, 1.165) is 71.3 Å². The fraction of sp³-hybridized carbons (Fsp3) is 0. The van der Waals surface area contributed by atoms with Gasteiger partial charge in [0.25, 0.3) is 0 Å². The molecule has 198 valence electrons. The summed E-state index contributed by atoms with van der Waals surface area (Å²) >= 11 is 0. The molecule has 9 rings (SSSR count). The van der Waals surface area contributed by atoms with Gasteiger partial charge in [0.1, 0.15) is 6.07 Å². The summed E-state index contributed by atoms with van der Waals surface area (Å²) in [7, 11) is 0. The molecule has 6 aromatic carbocycles. The molecule has 9 aromatic rings. The minimum atomic E-state index is 0.525. The van der Waals surface area contributed by atoms with Crippen LogP contribution in [0.4, 0.5) is 0 Å². The average molecular weight is 549 g/mol. The van der Waals surface area contributed by atoms with Crippen LogP contribution in [0.2, 0.25) is 0 Å². The molecule has 0 saturated heterocycles. The lowest BCUT2D eigenvalue weighted by Crippen LogP contribution is -1.98. The monoisotopic (exact) mass is 548 g/mol. The smallest absolute Gasteiger partial charge is 0.160 e. The molecule has 0 aliphatic rings. The molecule has 5 nitrogen and oxygen atoms in total. The predicted molar refractivity (Wildman–Crippen MR) is 172 cm³/mol. The van der Waals surface area contributed by atoms with E-state index in [1.54, 1.807) is 6.07 Å². The van der Waals surface area contributed by atoms with Crippen LogP contribution in [0.15, 0.2) is 126 Å². The van der Waals surface area contributed by atoms with Gasteiger partial charge in [0, 0.05) is 43.7 Å². The molecule has 0 unspecified atom stereocenters. The summed E-state index contributed by atoms with van der Waals surface area (Å²) in [5.41, 5.74) is 8.72. The van der Waals surface area contributed by atoms with E-state index < -0.39 is 0 Å². The lowest BCUT2D eigenvalue weighted by molar-refractivity contribution is 0.670. The fourth-order valence-corrected chi connectivity index (χ4v) is 6.75. The van der Waals surface area contributed by atoms with Gasteiger partial charge in [-0.1, -0.05) is 60.7 Å². The predicted octanol–water partition coefficient (Wildman–Crippen LogP) is 9.52. The maximum Gasteiger partial charge on any atom is 0.160 e. The van der Waals surface area contributed by atoms with Gasteiger partial charge in [-0.25, -0.2) is 0 Å². The number of nitrogens with zero attached hydrogens (tertiary/aromatic N) is 4. The maximum absolute atomic E-state index is 9.79. The highest BCUT2D eigenvalue weighted by Gasteiger charge is 2.20. The van der Waals surface area contributed by atoms with Gasteiger partial charge in [-0.2, -0.15) is 10.5 Å². The van der Waals surface area contributed by atoms with Crippen LogP contribution in [-0.2, 0) is 0 Å². The first-order valence-electron chi connectivity index (χ1n) is 14.1. The van der Waals surface area contributed by atoms with Crippen LogP contribution in [-0.4, -0.2) is 9.13 Å². The summed E-state index contributed by atoms with van der Waals surface area (Å²) in [6.07, 6.45) is 0. The van der Waals surface area contributed by atoms with Crippen molar-refractivity contribution in [3.63, 3.8) is 0 Å². The minimum Gasteiger partial charge on any atom is -0.452 e. The first-order valence-corrected chi connectivity index (χ1v) is 14.1. The molecule has 0 saturated carbocycles. The van der Waals surface area contributed by atoms with Gasteiger partial charge in [-0.15, -0.1) is 0 Å². The Labute approximate surface area is 245 Å². The number of nitriles is 2. The van der Waals surface area contributed by atoms with Crippen molar-refractivity contribution in [1.29, 1.82) is 10.5 Å². The number of fused-ring (bicyclic) bond motifs is 10. The number of aromatic nitrogens is 2. The first kappa shape index (κ1) is 23.4. The average Bonchev–Trinajstić information content (AvgIpc) is 3.72. The van der Waals surface area contributed by atoms with Crippen molar-refractivity contribution < 1.29 is 4.42 Å². The van der Waals surface area contributed by atoms with Crippen LogP contribution in [0.5, 0.6) is 0 Å². The lowest BCUT2D eigenvalue weighted by Gasteiger charge is -2.13. The van der Waals surface area contributed by atoms with Crippen molar-refractivity contribution in [3.8, 4) is 23.5 Å². The molecule has 43 heavy (non-hydrogen) atoms. The fourth-order valence-electron chi connectivity index (χ4n) is 6.75. The van der Waals surface area contributed by atoms with Gasteiger partial charge in [0.15, 0.2) is 11.2 Å². The number of furan rings is 1. The van der Waals surface area contributed by atoms with Crippen molar-refractivity contribution in [1.82, 2.24) is 9.13 Å². The molecule has 3 heterocycles. The second-order valence-corrected chi connectivity index (χ2v) is 10.8. The van der Waals surface area contributed by atoms with E-state index in [1.165, 1.54) is 0 Å². The van der Waals surface area contributed by atoms with Crippen LogP contribution in [0.3, 0.4) is 0 Å². The van der Waals surface area contributed by atoms with Crippen molar-refractivity contribution >= 4 is 65.6 Å². The van der Waals surface area contributed by atoms with Gasteiger partial charge < -0.3 is 13.6 Å². The van der Waals surface area contributed by atoms with Crippen molar-refractivity contribution in [2.24, 2.45) is 0 Å². The number of para-hydroxylation sites is 3. The second kappa shape index (κ2) is 8.60. The zero-order valence-corrected chi connectivity index (χ0v) is 22.7. The molecular weight excluding hydrogens is 528 g/mol. The lowest BCUT2D eigenvalue weighted by atomic mass is 10.1. The quantitative estimate of drug-likeness (QED) is 0.216. The Hall–Kier alpha value is -6.30. The Morgan fingerprint density at radius 2 is 1.09 bits per heavy atom. The van der Waals surface area contributed by atoms with Crippen LogP contribution in [0.25, 0.3) is 76.9 Å². The summed E-state index contributed by atoms with van der Waals surface area (Å²) in [6, 6.07) is 45.7. The van der Waals surface area contributed by atoms with Crippen LogP contribution >= 0.6 is 0 Å². The number of hydrogen-bond acceptors (Lipinski definition) is 3. The molecule has 0 spiro atoms. The molecular formula is C38H20N4O. The SMILES string of the molecule is N#Cc1ccc2c(c1)c1ccccc1n2-c1cccc(-n2c3ccccc3c3ccc4c5cccc(C#N)c5oc4c32)c1. The van der Waals surface area contributed by atoms with Gasteiger partial charge in [0.2, 0.25) is 0 Å².